The SMILES string of the molecule is C#CCCC(N)c1cscc1C. The third-order valence-electron chi connectivity index (χ3n) is 1.89. The molecule has 0 aliphatic heterocycles. The van der Waals surface area contributed by atoms with Gasteiger partial charge in [0.05, 0.1) is 0 Å². The third kappa shape index (κ3) is 2.10. The van der Waals surface area contributed by atoms with Crippen LogP contribution in [0.1, 0.15) is 30.0 Å². The average Bonchev–Trinajstić information content (AvgIpc) is 2.47. The minimum absolute atomic E-state index is 0.118. The van der Waals surface area contributed by atoms with Crippen LogP contribution in [0.5, 0.6) is 0 Å². The molecule has 2 N–H and O–H groups in total. The molecule has 0 spiro atoms. The predicted molar refractivity (Wildman–Crippen MR) is 54.1 cm³/mol. The molecule has 0 aliphatic rings. The van der Waals surface area contributed by atoms with Crippen LogP contribution in [-0.2, 0) is 0 Å². The van der Waals surface area contributed by atoms with Crippen molar-refractivity contribution in [2.75, 3.05) is 0 Å². The standard InChI is InChI=1S/C10H13NS/c1-3-4-5-10(11)9-7-12-6-8(9)2/h1,6-7,10H,4-5,11H2,2H3. The third-order valence-corrected chi connectivity index (χ3v) is 2.77. The van der Waals surface area contributed by atoms with Crippen molar-refractivity contribution in [1.29, 1.82) is 0 Å². The van der Waals surface area contributed by atoms with Crippen LogP contribution < -0.4 is 5.73 Å². The number of hydrogen-bond acceptors (Lipinski definition) is 2. The Morgan fingerprint density at radius 3 is 2.92 bits per heavy atom. The average molecular weight is 179 g/mol. The molecule has 0 amide bonds. The summed E-state index contributed by atoms with van der Waals surface area (Å²) in [5.74, 6) is 2.60. The van der Waals surface area contributed by atoms with Crippen LogP contribution in [-0.4, -0.2) is 0 Å². The summed E-state index contributed by atoms with van der Waals surface area (Å²) in [4.78, 5) is 0. The van der Waals surface area contributed by atoms with Crippen LogP contribution in [0.4, 0.5) is 0 Å². The van der Waals surface area contributed by atoms with E-state index in [0.717, 1.165) is 12.8 Å². The summed E-state index contributed by atoms with van der Waals surface area (Å²) in [6, 6.07) is 0.118. The lowest BCUT2D eigenvalue weighted by molar-refractivity contribution is 0.666. The Labute approximate surface area is 77.6 Å². The van der Waals surface area contributed by atoms with Crippen molar-refractivity contribution in [3.8, 4) is 12.3 Å². The Morgan fingerprint density at radius 2 is 2.42 bits per heavy atom. The first-order valence-corrected chi connectivity index (χ1v) is 4.91. The number of terminal acetylenes is 1. The molecule has 12 heavy (non-hydrogen) atoms. The molecule has 1 rings (SSSR count). The Kier molecular flexibility index (Phi) is 3.33. The molecule has 1 atom stereocenters. The summed E-state index contributed by atoms with van der Waals surface area (Å²) in [6.45, 7) is 2.08. The number of nitrogens with two attached hydrogens (primary N) is 1. The van der Waals surface area contributed by atoms with E-state index in [2.05, 4.69) is 23.6 Å². The molecule has 0 fully saturated rings. The van der Waals surface area contributed by atoms with Crippen LogP contribution in [0.2, 0.25) is 0 Å². The van der Waals surface area contributed by atoms with E-state index >= 15 is 0 Å². The van der Waals surface area contributed by atoms with Gasteiger partial charge in [0.15, 0.2) is 0 Å². The molecule has 0 aliphatic carbocycles. The van der Waals surface area contributed by atoms with E-state index in [1.165, 1.54) is 11.1 Å². The Morgan fingerprint density at radius 1 is 1.67 bits per heavy atom. The minimum atomic E-state index is 0.118. The molecule has 2 heteroatoms. The molecule has 1 aromatic heterocycles. The highest BCUT2D eigenvalue weighted by Crippen LogP contribution is 2.22. The van der Waals surface area contributed by atoms with Crippen molar-refractivity contribution >= 4 is 11.3 Å². The highest BCUT2D eigenvalue weighted by Gasteiger charge is 2.08. The molecule has 0 radical (unpaired) electrons. The summed E-state index contributed by atoms with van der Waals surface area (Å²) in [7, 11) is 0. The van der Waals surface area contributed by atoms with Gasteiger partial charge < -0.3 is 5.73 Å². The fraction of sp³-hybridized carbons (Fsp3) is 0.400. The van der Waals surface area contributed by atoms with E-state index < -0.39 is 0 Å². The molecule has 1 nitrogen and oxygen atoms in total. The summed E-state index contributed by atoms with van der Waals surface area (Å²) in [5, 5.41) is 4.22. The van der Waals surface area contributed by atoms with Crippen molar-refractivity contribution in [2.45, 2.75) is 25.8 Å². The monoisotopic (exact) mass is 179 g/mol. The molecule has 1 unspecified atom stereocenters. The van der Waals surface area contributed by atoms with E-state index in [4.69, 9.17) is 12.2 Å². The van der Waals surface area contributed by atoms with Crippen molar-refractivity contribution < 1.29 is 0 Å². The van der Waals surface area contributed by atoms with Gasteiger partial charge in [0.25, 0.3) is 0 Å². The van der Waals surface area contributed by atoms with Crippen LogP contribution >= 0.6 is 11.3 Å². The second kappa shape index (κ2) is 4.30. The quantitative estimate of drug-likeness (QED) is 0.709. The highest BCUT2D eigenvalue weighted by molar-refractivity contribution is 7.08. The molecular formula is C10H13NS. The van der Waals surface area contributed by atoms with E-state index in [1.807, 2.05) is 0 Å². The predicted octanol–water partition coefficient (Wildman–Crippen LogP) is 2.47. The molecule has 0 saturated carbocycles. The molecule has 64 valence electrons. The van der Waals surface area contributed by atoms with Gasteiger partial charge in [-0.25, -0.2) is 0 Å². The number of aryl methyl sites for hydroxylation is 1. The van der Waals surface area contributed by atoms with E-state index in [-0.39, 0.29) is 6.04 Å². The zero-order valence-electron chi connectivity index (χ0n) is 7.21. The van der Waals surface area contributed by atoms with Crippen LogP contribution in [0, 0.1) is 19.3 Å². The maximum absolute atomic E-state index is 5.94. The molecule has 1 heterocycles. The van der Waals surface area contributed by atoms with Gasteiger partial charge in [-0.3, -0.25) is 0 Å². The first-order chi connectivity index (χ1) is 5.75. The Balaban J connectivity index is 2.60. The minimum Gasteiger partial charge on any atom is -0.324 e. The lowest BCUT2D eigenvalue weighted by Crippen LogP contribution is -2.09. The number of hydrogen-bond donors (Lipinski definition) is 1. The van der Waals surface area contributed by atoms with Gasteiger partial charge in [-0.1, -0.05) is 0 Å². The fourth-order valence-corrected chi connectivity index (χ4v) is 2.06. The second-order valence-corrected chi connectivity index (χ2v) is 3.60. The zero-order chi connectivity index (χ0) is 8.97. The van der Waals surface area contributed by atoms with Gasteiger partial charge in [0.2, 0.25) is 0 Å². The van der Waals surface area contributed by atoms with E-state index in [1.54, 1.807) is 11.3 Å². The van der Waals surface area contributed by atoms with Crippen LogP contribution in [0.3, 0.4) is 0 Å². The maximum Gasteiger partial charge on any atom is 0.0314 e. The number of rotatable bonds is 3. The summed E-state index contributed by atoms with van der Waals surface area (Å²) < 4.78 is 0. The van der Waals surface area contributed by atoms with E-state index in [9.17, 15) is 0 Å². The Hall–Kier alpha value is -0.780. The van der Waals surface area contributed by atoms with Gasteiger partial charge in [0, 0.05) is 12.5 Å². The van der Waals surface area contributed by atoms with Crippen LogP contribution in [0.25, 0.3) is 0 Å². The first-order valence-electron chi connectivity index (χ1n) is 3.97. The first kappa shape index (κ1) is 9.31. The number of thiophene rings is 1. The van der Waals surface area contributed by atoms with E-state index in [0.29, 0.717) is 0 Å². The lowest BCUT2D eigenvalue weighted by Gasteiger charge is -2.08. The van der Waals surface area contributed by atoms with Crippen molar-refractivity contribution in [2.24, 2.45) is 5.73 Å². The fourth-order valence-electron chi connectivity index (χ4n) is 1.14. The van der Waals surface area contributed by atoms with Gasteiger partial charge in [-0.05, 0) is 35.2 Å². The van der Waals surface area contributed by atoms with Gasteiger partial charge in [-0.15, -0.1) is 12.3 Å². The zero-order valence-corrected chi connectivity index (χ0v) is 8.03. The molecule has 1 aromatic rings. The maximum atomic E-state index is 5.94. The van der Waals surface area contributed by atoms with Gasteiger partial charge in [-0.2, -0.15) is 11.3 Å². The summed E-state index contributed by atoms with van der Waals surface area (Å²) >= 11 is 1.70. The summed E-state index contributed by atoms with van der Waals surface area (Å²) in [5.41, 5.74) is 8.47. The largest absolute Gasteiger partial charge is 0.324 e. The molecule has 0 saturated heterocycles. The highest BCUT2D eigenvalue weighted by atomic mass is 32.1. The van der Waals surface area contributed by atoms with Crippen LogP contribution in [0.15, 0.2) is 10.8 Å². The normalized spacial score (nSPS) is 12.4. The van der Waals surface area contributed by atoms with Gasteiger partial charge in [0.1, 0.15) is 0 Å². The molecule has 0 aromatic carbocycles. The van der Waals surface area contributed by atoms with Crippen molar-refractivity contribution in [1.82, 2.24) is 0 Å². The van der Waals surface area contributed by atoms with Crippen molar-refractivity contribution in [3.63, 3.8) is 0 Å². The lowest BCUT2D eigenvalue weighted by atomic mass is 10.0. The van der Waals surface area contributed by atoms with Gasteiger partial charge >= 0.3 is 0 Å². The molecular weight excluding hydrogens is 166 g/mol. The second-order valence-electron chi connectivity index (χ2n) is 2.86. The van der Waals surface area contributed by atoms with Crippen molar-refractivity contribution in [3.05, 3.63) is 21.9 Å². The summed E-state index contributed by atoms with van der Waals surface area (Å²) in [6.07, 6.45) is 6.81. The molecule has 0 bridgehead atoms. The Bertz CT molecular complexity index is 282. The smallest absolute Gasteiger partial charge is 0.0314 e. The topological polar surface area (TPSA) is 26.0 Å².